The molecular formula is C10H13F3N4O. The fourth-order valence-electron chi connectivity index (χ4n) is 1.74. The Morgan fingerprint density at radius 1 is 1.56 bits per heavy atom. The van der Waals surface area contributed by atoms with Crippen LogP contribution in [0.1, 0.15) is 25.8 Å². The number of amides is 1. The molecule has 100 valence electrons. The quantitative estimate of drug-likeness (QED) is 0.824. The van der Waals surface area contributed by atoms with E-state index in [9.17, 15) is 18.0 Å². The van der Waals surface area contributed by atoms with Crippen molar-refractivity contribution in [1.82, 2.24) is 19.7 Å². The second-order valence-electron chi connectivity index (χ2n) is 4.36. The van der Waals surface area contributed by atoms with Crippen LogP contribution in [0, 0.1) is 0 Å². The van der Waals surface area contributed by atoms with E-state index in [2.05, 4.69) is 10.1 Å². The molecule has 2 rings (SSSR count). The first-order valence-corrected chi connectivity index (χ1v) is 5.60. The van der Waals surface area contributed by atoms with Gasteiger partial charge in [0.25, 0.3) is 0 Å². The molecule has 8 heteroatoms. The largest absolute Gasteiger partial charge is 0.406 e. The van der Waals surface area contributed by atoms with Gasteiger partial charge >= 0.3 is 6.18 Å². The first kappa shape index (κ1) is 12.8. The minimum atomic E-state index is -4.37. The molecule has 1 aliphatic carbocycles. The first-order chi connectivity index (χ1) is 8.38. The molecule has 1 atom stereocenters. The Morgan fingerprint density at radius 3 is 2.67 bits per heavy atom. The number of nitrogens with zero attached hydrogens (tertiary/aromatic N) is 4. The highest BCUT2D eigenvalue weighted by molar-refractivity contribution is 5.80. The van der Waals surface area contributed by atoms with Crippen molar-refractivity contribution in [1.29, 1.82) is 0 Å². The average molecular weight is 262 g/mol. The van der Waals surface area contributed by atoms with Crippen molar-refractivity contribution < 1.29 is 18.0 Å². The van der Waals surface area contributed by atoms with Gasteiger partial charge in [-0.2, -0.15) is 18.3 Å². The zero-order chi connectivity index (χ0) is 13.3. The lowest BCUT2D eigenvalue weighted by Gasteiger charge is -2.26. The molecule has 0 saturated heterocycles. The van der Waals surface area contributed by atoms with E-state index in [1.54, 1.807) is 0 Å². The van der Waals surface area contributed by atoms with Crippen molar-refractivity contribution in [3.63, 3.8) is 0 Å². The van der Waals surface area contributed by atoms with Crippen molar-refractivity contribution in [2.45, 2.75) is 38.0 Å². The summed E-state index contributed by atoms with van der Waals surface area (Å²) in [6.45, 7) is 0.318. The number of carbonyl (C=O) groups excluding carboxylic acids is 1. The number of hydrogen-bond acceptors (Lipinski definition) is 3. The van der Waals surface area contributed by atoms with Gasteiger partial charge in [-0.05, 0) is 19.8 Å². The highest BCUT2D eigenvalue weighted by Gasteiger charge is 2.42. The van der Waals surface area contributed by atoms with Gasteiger partial charge in [0.05, 0.1) is 0 Å². The van der Waals surface area contributed by atoms with Gasteiger partial charge in [-0.15, -0.1) is 0 Å². The van der Waals surface area contributed by atoms with Crippen LogP contribution in [0.5, 0.6) is 0 Å². The maximum atomic E-state index is 12.4. The summed E-state index contributed by atoms with van der Waals surface area (Å²) in [6, 6.07) is -1.06. The fourth-order valence-corrected chi connectivity index (χ4v) is 1.74. The molecule has 1 amide bonds. The predicted molar refractivity (Wildman–Crippen MR) is 55.5 cm³/mol. The Hall–Kier alpha value is -1.60. The minimum absolute atomic E-state index is 0.287. The van der Waals surface area contributed by atoms with Crippen LogP contribution in [-0.2, 0) is 4.79 Å². The molecule has 0 unspecified atom stereocenters. The Morgan fingerprint density at radius 2 is 2.22 bits per heavy atom. The lowest BCUT2D eigenvalue weighted by molar-refractivity contribution is -0.164. The highest BCUT2D eigenvalue weighted by atomic mass is 19.4. The Labute approximate surface area is 102 Å². The molecule has 1 fully saturated rings. The third-order valence-electron chi connectivity index (χ3n) is 2.81. The van der Waals surface area contributed by atoms with E-state index in [1.165, 1.54) is 24.3 Å². The van der Waals surface area contributed by atoms with E-state index in [4.69, 9.17) is 0 Å². The summed E-state index contributed by atoms with van der Waals surface area (Å²) in [5.74, 6) is -0.569. The molecule has 0 radical (unpaired) electrons. The summed E-state index contributed by atoms with van der Waals surface area (Å²) in [5, 5.41) is 3.77. The number of carbonyl (C=O) groups is 1. The molecule has 0 spiro atoms. The minimum Gasteiger partial charge on any atom is -0.329 e. The molecular weight excluding hydrogens is 249 g/mol. The van der Waals surface area contributed by atoms with Gasteiger partial charge in [-0.1, -0.05) is 0 Å². The Balaban J connectivity index is 2.08. The van der Waals surface area contributed by atoms with Crippen molar-refractivity contribution in [3.05, 3.63) is 12.7 Å². The normalized spacial score (nSPS) is 17.6. The lowest BCUT2D eigenvalue weighted by atomic mass is 10.2. The topological polar surface area (TPSA) is 51.0 Å². The van der Waals surface area contributed by atoms with Gasteiger partial charge in [-0.3, -0.25) is 4.79 Å². The van der Waals surface area contributed by atoms with Crippen LogP contribution in [0.25, 0.3) is 0 Å². The van der Waals surface area contributed by atoms with Crippen LogP contribution in [0.4, 0.5) is 13.2 Å². The van der Waals surface area contributed by atoms with E-state index in [1.807, 2.05) is 0 Å². The van der Waals surface area contributed by atoms with Gasteiger partial charge in [0.15, 0.2) is 0 Å². The molecule has 1 aromatic rings. The molecule has 5 nitrogen and oxygen atoms in total. The summed E-state index contributed by atoms with van der Waals surface area (Å²) in [6.07, 6.45) is -0.547. The molecule has 0 bridgehead atoms. The van der Waals surface area contributed by atoms with Crippen LogP contribution in [-0.4, -0.2) is 44.3 Å². The van der Waals surface area contributed by atoms with Gasteiger partial charge in [0, 0.05) is 6.04 Å². The van der Waals surface area contributed by atoms with E-state index >= 15 is 0 Å². The molecule has 0 aliphatic heterocycles. The second kappa shape index (κ2) is 4.58. The zero-order valence-electron chi connectivity index (χ0n) is 9.76. The summed E-state index contributed by atoms with van der Waals surface area (Å²) >= 11 is 0. The summed E-state index contributed by atoms with van der Waals surface area (Å²) < 4.78 is 38.6. The van der Waals surface area contributed by atoms with Crippen molar-refractivity contribution in [2.75, 3.05) is 6.54 Å². The van der Waals surface area contributed by atoms with Crippen LogP contribution < -0.4 is 0 Å². The summed E-state index contributed by atoms with van der Waals surface area (Å²) in [4.78, 5) is 16.6. The predicted octanol–water partition coefficient (Wildman–Crippen LogP) is 1.39. The van der Waals surface area contributed by atoms with Crippen molar-refractivity contribution >= 4 is 5.91 Å². The van der Waals surface area contributed by atoms with Crippen molar-refractivity contribution in [2.24, 2.45) is 0 Å². The maximum Gasteiger partial charge on any atom is 0.406 e. The highest BCUT2D eigenvalue weighted by Crippen LogP contribution is 2.31. The van der Waals surface area contributed by atoms with Gasteiger partial charge in [0.1, 0.15) is 25.2 Å². The first-order valence-electron chi connectivity index (χ1n) is 5.60. The number of aromatic nitrogens is 3. The van der Waals surface area contributed by atoms with E-state index in [0.29, 0.717) is 12.8 Å². The number of alkyl halides is 3. The third-order valence-corrected chi connectivity index (χ3v) is 2.81. The van der Waals surface area contributed by atoms with Crippen LogP contribution in [0.2, 0.25) is 0 Å². The average Bonchev–Trinajstić information content (AvgIpc) is 2.97. The third kappa shape index (κ3) is 2.99. The van der Waals surface area contributed by atoms with Crippen LogP contribution >= 0.6 is 0 Å². The molecule has 1 saturated carbocycles. The maximum absolute atomic E-state index is 12.4. The van der Waals surface area contributed by atoms with E-state index in [0.717, 1.165) is 4.90 Å². The summed E-state index contributed by atoms with van der Waals surface area (Å²) in [5.41, 5.74) is 0. The van der Waals surface area contributed by atoms with Crippen molar-refractivity contribution in [3.8, 4) is 0 Å². The molecule has 1 aliphatic rings. The number of halogens is 3. The number of rotatable bonds is 4. The number of hydrogen-bond donors (Lipinski definition) is 0. The van der Waals surface area contributed by atoms with Gasteiger partial charge < -0.3 is 4.90 Å². The monoisotopic (exact) mass is 262 g/mol. The molecule has 0 aromatic carbocycles. The van der Waals surface area contributed by atoms with Crippen LogP contribution in [0.3, 0.4) is 0 Å². The van der Waals surface area contributed by atoms with E-state index in [-0.39, 0.29) is 6.04 Å². The van der Waals surface area contributed by atoms with Gasteiger partial charge in [-0.25, -0.2) is 9.67 Å². The Bertz CT molecular complexity index is 413. The molecule has 1 heterocycles. The SMILES string of the molecule is C[C@H](C(=O)N(CC(F)(F)F)C1CC1)n1cncn1. The fraction of sp³-hybridized carbons (Fsp3) is 0.700. The standard InChI is InChI=1S/C10H13F3N4O/c1-7(17-6-14-5-15-17)9(18)16(8-2-3-8)4-10(11,12)13/h5-8H,2-4H2,1H3/t7-/m1/s1. The van der Waals surface area contributed by atoms with Gasteiger partial charge in [0.2, 0.25) is 5.91 Å². The van der Waals surface area contributed by atoms with E-state index < -0.39 is 24.7 Å². The zero-order valence-corrected chi connectivity index (χ0v) is 9.76. The summed E-state index contributed by atoms with van der Waals surface area (Å²) in [7, 11) is 0. The molecule has 0 N–H and O–H groups in total. The molecule has 18 heavy (non-hydrogen) atoms. The van der Waals surface area contributed by atoms with Crippen LogP contribution in [0.15, 0.2) is 12.7 Å². The lowest BCUT2D eigenvalue weighted by Crippen LogP contribution is -2.43. The Kier molecular flexibility index (Phi) is 3.27. The molecule has 1 aromatic heterocycles. The second-order valence-corrected chi connectivity index (χ2v) is 4.36. The smallest absolute Gasteiger partial charge is 0.329 e.